The minimum absolute atomic E-state index is 0.624. The van der Waals surface area contributed by atoms with E-state index in [2.05, 4.69) is 16.1 Å². The lowest BCUT2D eigenvalue weighted by Crippen LogP contribution is -1.97. The van der Waals surface area contributed by atoms with Crippen LogP contribution in [0.25, 0.3) is 0 Å². The summed E-state index contributed by atoms with van der Waals surface area (Å²) in [5.74, 6) is 0. The van der Waals surface area contributed by atoms with E-state index in [9.17, 15) is 0 Å². The molecule has 0 aliphatic heterocycles. The Kier molecular flexibility index (Phi) is 2.25. The molecule has 2 N–H and O–H groups in total. The molecule has 2 aromatic heterocycles. The van der Waals surface area contributed by atoms with Crippen LogP contribution in [-0.2, 0) is 13.5 Å². The lowest BCUT2D eigenvalue weighted by molar-refractivity contribution is 0.718. The molecule has 0 saturated heterocycles. The summed E-state index contributed by atoms with van der Waals surface area (Å²) in [4.78, 5) is 5.19. The van der Waals surface area contributed by atoms with E-state index in [-0.39, 0.29) is 0 Å². The van der Waals surface area contributed by atoms with Gasteiger partial charge in [0.1, 0.15) is 0 Å². The number of aromatic nitrogens is 3. The van der Waals surface area contributed by atoms with Crippen molar-refractivity contribution in [2.24, 2.45) is 7.05 Å². The predicted octanol–water partition coefficient (Wildman–Crippen LogP) is 1.36. The summed E-state index contributed by atoms with van der Waals surface area (Å²) >= 11 is 1.53. The molecule has 0 bridgehead atoms. The fourth-order valence-corrected chi connectivity index (χ4v) is 2.11. The van der Waals surface area contributed by atoms with Crippen molar-refractivity contribution >= 4 is 16.5 Å². The molecular weight excluding hydrogens is 196 g/mol. The molecule has 0 aliphatic rings. The Morgan fingerprint density at radius 2 is 2.36 bits per heavy atom. The smallest absolute Gasteiger partial charge is 0.180 e. The summed E-state index contributed by atoms with van der Waals surface area (Å²) in [6, 6.07) is 2.08. The van der Waals surface area contributed by atoms with Gasteiger partial charge in [-0.15, -0.1) is 11.3 Å². The Balaban J connectivity index is 2.22. The molecule has 74 valence electrons. The zero-order valence-corrected chi connectivity index (χ0v) is 9.01. The lowest BCUT2D eigenvalue weighted by Gasteiger charge is -1.97. The van der Waals surface area contributed by atoms with Crippen LogP contribution in [0.1, 0.15) is 16.3 Å². The third-order valence-electron chi connectivity index (χ3n) is 2.03. The fraction of sp³-hybridized carbons (Fsp3) is 0.333. The minimum atomic E-state index is 0.624. The molecule has 0 saturated carbocycles. The van der Waals surface area contributed by atoms with E-state index in [1.807, 2.05) is 24.9 Å². The van der Waals surface area contributed by atoms with Gasteiger partial charge in [0.05, 0.1) is 5.69 Å². The van der Waals surface area contributed by atoms with Crippen molar-refractivity contribution in [3.63, 3.8) is 0 Å². The maximum Gasteiger partial charge on any atom is 0.180 e. The van der Waals surface area contributed by atoms with Gasteiger partial charge in [0.15, 0.2) is 5.13 Å². The number of rotatable bonds is 2. The monoisotopic (exact) mass is 208 g/mol. The molecule has 0 fully saturated rings. The number of nitrogens with zero attached hydrogens (tertiary/aromatic N) is 3. The topological polar surface area (TPSA) is 56.7 Å². The molecule has 0 radical (unpaired) electrons. The first-order valence-electron chi connectivity index (χ1n) is 4.35. The second-order valence-corrected chi connectivity index (χ2v) is 4.39. The molecule has 14 heavy (non-hydrogen) atoms. The van der Waals surface area contributed by atoms with Crippen LogP contribution in [0.3, 0.4) is 0 Å². The Morgan fingerprint density at radius 3 is 2.86 bits per heavy atom. The number of anilines is 1. The first kappa shape index (κ1) is 9.21. The zero-order chi connectivity index (χ0) is 10.1. The number of hydrogen-bond acceptors (Lipinski definition) is 4. The van der Waals surface area contributed by atoms with Crippen molar-refractivity contribution in [1.29, 1.82) is 0 Å². The largest absolute Gasteiger partial charge is 0.375 e. The van der Waals surface area contributed by atoms with Crippen LogP contribution in [0.5, 0.6) is 0 Å². The number of nitrogen functional groups attached to an aromatic ring is 1. The third-order valence-corrected chi connectivity index (χ3v) is 2.85. The number of nitrogens with two attached hydrogens (primary N) is 1. The van der Waals surface area contributed by atoms with Crippen molar-refractivity contribution in [1.82, 2.24) is 14.8 Å². The SMILES string of the molecule is Cc1cc(Cc2cnc(N)s2)n(C)n1. The molecule has 0 atom stereocenters. The summed E-state index contributed by atoms with van der Waals surface area (Å²) in [6.45, 7) is 1.99. The van der Waals surface area contributed by atoms with Gasteiger partial charge in [-0.25, -0.2) is 4.98 Å². The van der Waals surface area contributed by atoms with E-state index < -0.39 is 0 Å². The Bertz CT molecular complexity index is 443. The van der Waals surface area contributed by atoms with Crippen molar-refractivity contribution in [3.05, 3.63) is 28.5 Å². The summed E-state index contributed by atoms with van der Waals surface area (Å²) in [6.07, 6.45) is 2.68. The summed E-state index contributed by atoms with van der Waals surface area (Å²) in [5.41, 5.74) is 7.79. The van der Waals surface area contributed by atoms with Crippen molar-refractivity contribution in [3.8, 4) is 0 Å². The molecule has 4 nitrogen and oxygen atoms in total. The molecule has 0 aromatic carbocycles. The summed E-state index contributed by atoms with van der Waals surface area (Å²) < 4.78 is 1.89. The highest BCUT2D eigenvalue weighted by molar-refractivity contribution is 7.15. The van der Waals surface area contributed by atoms with Gasteiger partial charge in [0.2, 0.25) is 0 Å². The molecule has 2 aromatic rings. The second-order valence-electron chi connectivity index (χ2n) is 3.24. The van der Waals surface area contributed by atoms with E-state index in [4.69, 9.17) is 5.73 Å². The van der Waals surface area contributed by atoms with Crippen LogP contribution in [0, 0.1) is 6.92 Å². The molecule has 0 unspecified atom stereocenters. The van der Waals surface area contributed by atoms with Gasteiger partial charge in [-0.3, -0.25) is 4.68 Å². The van der Waals surface area contributed by atoms with Gasteiger partial charge in [-0.05, 0) is 13.0 Å². The van der Waals surface area contributed by atoms with Crippen LogP contribution in [-0.4, -0.2) is 14.8 Å². The first-order chi connectivity index (χ1) is 6.65. The molecule has 0 aliphatic carbocycles. The molecule has 5 heteroatoms. The second kappa shape index (κ2) is 3.42. The van der Waals surface area contributed by atoms with E-state index >= 15 is 0 Å². The summed E-state index contributed by atoms with van der Waals surface area (Å²) in [5, 5.41) is 4.91. The highest BCUT2D eigenvalue weighted by Crippen LogP contribution is 2.18. The van der Waals surface area contributed by atoms with Gasteiger partial charge in [0.25, 0.3) is 0 Å². The number of thiazole rings is 1. The van der Waals surface area contributed by atoms with Crippen LogP contribution < -0.4 is 5.73 Å². The average Bonchev–Trinajstić information content (AvgIpc) is 2.61. The van der Waals surface area contributed by atoms with Gasteiger partial charge in [-0.2, -0.15) is 5.10 Å². The maximum absolute atomic E-state index is 5.56. The van der Waals surface area contributed by atoms with E-state index in [1.54, 1.807) is 0 Å². The Labute approximate surface area is 86.4 Å². The number of aryl methyl sites for hydroxylation is 2. The van der Waals surface area contributed by atoms with Crippen molar-refractivity contribution in [2.45, 2.75) is 13.3 Å². The highest BCUT2D eigenvalue weighted by Gasteiger charge is 2.05. The minimum Gasteiger partial charge on any atom is -0.375 e. The number of hydrogen-bond donors (Lipinski definition) is 1. The lowest BCUT2D eigenvalue weighted by atomic mass is 10.2. The highest BCUT2D eigenvalue weighted by atomic mass is 32.1. The average molecular weight is 208 g/mol. The van der Waals surface area contributed by atoms with Gasteiger partial charge in [-0.1, -0.05) is 0 Å². The van der Waals surface area contributed by atoms with E-state index in [1.165, 1.54) is 21.9 Å². The molecular formula is C9H12N4S. The Morgan fingerprint density at radius 1 is 1.57 bits per heavy atom. The maximum atomic E-state index is 5.56. The van der Waals surface area contributed by atoms with Crippen LogP contribution in [0.15, 0.2) is 12.3 Å². The molecule has 2 heterocycles. The van der Waals surface area contributed by atoms with Crippen LogP contribution >= 0.6 is 11.3 Å². The zero-order valence-electron chi connectivity index (χ0n) is 8.19. The van der Waals surface area contributed by atoms with Gasteiger partial charge >= 0.3 is 0 Å². The van der Waals surface area contributed by atoms with Gasteiger partial charge < -0.3 is 5.73 Å². The molecule has 2 rings (SSSR count). The first-order valence-corrected chi connectivity index (χ1v) is 5.16. The standard InChI is InChI=1S/C9H12N4S/c1-6-3-7(13(2)12-6)4-8-5-11-9(10)14-8/h3,5H,4H2,1-2H3,(H2,10,11). The molecule has 0 amide bonds. The van der Waals surface area contributed by atoms with Crippen molar-refractivity contribution in [2.75, 3.05) is 5.73 Å². The quantitative estimate of drug-likeness (QED) is 0.810. The normalized spacial score (nSPS) is 10.7. The van der Waals surface area contributed by atoms with Crippen molar-refractivity contribution < 1.29 is 0 Å². The third kappa shape index (κ3) is 1.77. The van der Waals surface area contributed by atoms with Crippen LogP contribution in [0.2, 0.25) is 0 Å². The Hall–Kier alpha value is -1.36. The van der Waals surface area contributed by atoms with Crippen LogP contribution in [0.4, 0.5) is 5.13 Å². The van der Waals surface area contributed by atoms with E-state index in [0.29, 0.717) is 5.13 Å². The molecule has 0 spiro atoms. The fourth-order valence-electron chi connectivity index (χ4n) is 1.41. The summed E-state index contributed by atoms with van der Waals surface area (Å²) in [7, 11) is 1.95. The van der Waals surface area contributed by atoms with E-state index in [0.717, 1.165) is 12.1 Å². The predicted molar refractivity (Wildman–Crippen MR) is 57.3 cm³/mol. The van der Waals surface area contributed by atoms with Gasteiger partial charge in [0, 0.05) is 30.2 Å².